The zero-order valence-electron chi connectivity index (χ0n) is 15.1. The normalized spacial score (nSPS) is 13.0. The van der Waals surface area contributed by atoms with Gasteiger partial charge in [0.2, 0.25) is 0 Å². The summed E-state index contributed by atoms with van der Waals surface area (Å²) >= 11 is 3.53. The molecule has 0 aliphatic rings. The highest BCUT2D eigenvalue weighted by Crippen LogP contribution is 2.43. The third kappa shape index (κ3) is 3.83. The molecule has 130 valence electrons. The van der Waals surface area contributed by atoms with E-state index in [0.29, 0.717) is 17.2 Å². The Morgan fingerprint density at radius 1 is 1.12 bits per heavy atom. The van der Waals surface area contributed by atoms with E-state index in [1.54, 1.807) is 19.2 Å². The first kappa shape index (κ1) is 19.0. The fourth-order valence-electron chi connectivity index (χ4n) is 2.86. The summed E-state index contributed by atoms with van der Waals surface area (Å²) in [6.45, 7) is 8.98. The van der Waals surface area contributed by atoms with Crippen LogP contribution in [0.15, 0.2) is 36.4 Å². The summed E-state index contributed by atoms with van der Waals surface area (Å²) in [6.07, 6.45) is 1.06. The van der Waals surface area contributed by atoms with Crippen molar-refractivity contribution < 1.29 is 9.13 Å². The van der Waals surface area contributed by atoms with Crippen LogP contribution in [0.3, 0.4) is 0 Å². The van der Waals surface area contributed by atoms with Crippen molar-refractivity contribution in [3.05, 3.63) is 53.3 Å². The Hall–Kier alpha value is -1.35. The number of hydrogen-bond donors (Lipinski definition) is 0. The van der Waals surface area contributed by atoms with E-state index in [1.807, 2.05) is 6.07 Å². The van der Waals surface area contributed by atoms with E-state index in [1.165, 1.54) is 17.2 Å². The van der Waals surface area contributed by atoms with Crippen molar-refractivity contribution in [2.75, 3.05) is 7.11 Å². The minimum atomic E-state index is -0.217. The molecule has 0 aromatic heterocycles. The van der Waals surface area contributed by atoms with Crippen LogP contribution in [0.2, 0.25) is 0 Å². The van der Waals surface area contributed by atoms with E-state index in [-0.39, 0.29) is 11.2 Å². The number of halogens is 2. The molecule has 0 unspecified atom stereocenters. The third-order valence-electron chi connectivity index (χ3n) is 5.28. The first-order chi connectivity index (χ1) is 11.3. The molecule has 0 N–H and O–H groups in total. The fourth-order valence-corrected chi connectivity index (χ4v) is 3.21. The molecule has 24 heavy (non-hydrogen) atoms. The topological polar surface area (TPSA) is 9.23 Å². The maximum atomic E-state index is 14.5. The van der Waals surface area contributed by atoms with E-state index >= 15 is 0 Å². The van der Waals surface area contributed by atoms with Crippen molar-refractivity contribution in [1.29, 1.82) is 0 Å². The number of methoxy groups -OCH3 is 1. The van der Waals surface area contributed by atoms with Gasteiger partial charge < -0.3 is 4.74 Å². The lowest BCUT2D eigenvalue weighted by Gasteiger charge is -2.33. The summed E-state index contributed by atoms with van der Waals surface area (Å²) in [7, 11) is 1.61. The second-order valence-corrected chi connectivity index (χ2v) is 7.53. The number of ether oxygens (including phenoxy) is 1. The van der Waals surface area contributed by atoms with Gasteiger partial charge in [0.15, 0.2) is 0 Å². The lowest BCUT2D eigenvalue weighted by atomic mass is 9.72. The highest BCUT2D eigenvalue weighted by atomic mass is 79.9. The van der Waals surface area contributed by atoms with Crippen molar-refractivity contribution in [2.45, 2.75) is 45.4 Å². The van der Waals surface area contributed by atoms with Crippen LogP contribution in [0.4, 0.5) is 4.39 Å². The molecule has 0 fully saturated rings. The van der Waals surface area contributed by atoms with Crippen LogP contribution < -0.4 is 4.74 Å². The molecule has 0 saturated carbocycles. The summed E-state index contributed by atoms with van der Waals surface area (Å²) in [6, 6.07) is 11.2. The van der Waals surface area contributed by atoms with Gasteiger partial charge in [-0.05, 0) is 46.2 Å². The molecule has 2 aromatic rings. The number of alkyl halides is 1. The average molecular weight is 393 g/mol. The van der Waals surface area contributed by atoms with E-state index in [4.69, 9.17) is 4.74 Å². The van der Waals surface area contributed by atoms with Crippen molar-refractivity contribution in [1.82, 2.24) is 0 Å². The van der Waals surface area contributed by atoms with E-state index in [2.05, 4.69) is 55.8 Å². The molecule has 1 atom stereocenters. The number of hydrogen-bond acceptors (Lipinski definition) is 1. The molecule has 0 aliphatic heterocycles. The number of benzene rings is 2. The van der Waals surface area contributed by atoms with Gasteiger partial charge in [-0.3, -0.25) is 0 Å². The van der Waals surface area contributed by atoms with Gasteiger partial charge in [-0.1, -0.05) is 68.2 Å². The van der Waals surface area contributed by atoms with Gasteiger partial charge in [-0.15, -0.1) is 0 Å². The minimum absolute atomic E-state index is 0.134. The van der Waals surface area contributed by atoms with Crippen LogP contribution >= 0.6 is 15.9 Å². The maximum absolute atomic E-state index is 14.5. The summed E-state index contributed by atoms with van der Waals surface area (Å²) in [5.74, 6) is 0.761. The quantitative estimate of drug-likeness (QED) is 0.483. The largest absolute Gasteiger partial charge is 0.497 e. The molecule has 0 aliphatic carbocycles. The molecule has 2 rings (SSSR count). The SMILES string of the molecule is CCC(C)(C)[C@H](C)c1cc(CBr)ccc1-c1cc(OC)ccc1F. The second kappa shape index (κ2) is 7.69. The van der Waals surface area contributed by atoms with E-state index in [0.717, 1.165) is 17.3 Å². The zero-order chi connectivity index (χ0) is 17.9. The van der Waals surface area contributed by atoms with Gasteiger partial charge in [-0.2, -0.15) is 0 Å². The molecular formula is C21H26BrFO. The summed E-state index contributed by atoms with van der Waals surface area (Å²) in [5.41, 5.74) is 4.07. The molecule has 0 heterocycles. The smallest absolute Gasteiger partial charge is 0.131 e. The molecule has 1 nitrogen and oxygen atoms in total. The monoisotopic (exact) mass is 392 g/mol. The highest BCUT2D eigenvalue weighted by Gasteiger charge is 2.28. The van der Waals surface area contributed by atoms with Gasteiger partial charge in [0.25, 0.3) is 0 Å². The predicted octanol–water partition coefficient (Wildman–Crippen LogP) is 6.94. The van der Waals surface area contributed by atoms with Gasteiger partial charge in [0.05, 0.1) is 7.11 Å². The molecule has 0 bridgehead atoms. The second-order valence-electron chi connectivity index (χ2n) is 6.96. The number of rotatable bonds is 6. The lowest BCUT2D eigenvalue weighted by molar-refractivity contribution is 0.289. The Kier molecular flexibility index (Phi) is 6.08. The van der Waals surface area contributed by atoms with Crippen LogP contribution in [0, 0.1) is 11.2 Å². The fraction of sp³-hybridized carbons (Fsp3) is 0.429. The lowest BCUT2D eigenvalue weighted by Crippen LogP contribution is -2.19. The van der Waals surface area contributed by atoms with Crippen LogP contribution in [0.25, 0.3) is 11.1 Å². The molecular weight excluding hydrogens is 367 g/mol. The van der Waals surface area contributed by atoms with Crippen LogP contribution in [-0.2, 0) is 5.33 Å². The van der Waals surface area contributed by atoms with Gasteiger partial charge in [-0.25, -0.2) is 4.39 Å². The van der Waals surface area contributed by atoms with Crippen molar-refractivity contribution in [3.63, 3.8) is 0 Å². The molecule has 2 aromatic carbocycles. The minimum Gasteiger partial charge on any atom is -0.497 e. The molecule has 3 heteroatoms. The van der Waals surface area contributed by atoms with Crippen LogP contribution in [0.1, 0.15) is 51.2 Å². The molecule has 0 amide bonds. The standard InChI is InChI=1S/C21H26BrFO/c1-6-21(3,4)14(2)18-11-15(13-22)7-9-17(18)19-12-16(24-5)8-10-20(19)23/h7-12,14H,6,13H2,1-5H3/t14-/m1/s1. The van der Waals surface area contributed by atoms with Gasteiger partial charge >= 0.3 is 0 Å². The third-order valence-corrected chi connectivity index (χ3v) is 5.93. The zero-order valence-corrected chi connectivity index (χ0v) is 16.7. The Morgan fingerprint density at radius 3 is 2.42 bits per heavy atom. The predicted molar refractivity (Wildman–Crippen MR) is 104 cm³/mol. The van der Waals surface area contributed by atoms with Crippen molar-refractivity contribution in [3.8, 4) is 16.9 Å². The molecule has 0 radical (unpaired) electrons. The Morgan fingerprint density at radius 2 is 1.83 bits per heavy atom. The Bertz CT molecular complexity index is 709. The summed E-state index contributed by atoms with van der Waals surface area (Å²) in [5, 5.41) is 0.792. The molecule has 0 saturated heterocycles. The highest BCUT2D eigenvalue weighted by molar-refractivity contribution is 9.08. The van der Waals surface area contributed by atoms with Gasteiger partial charge in [0, 0.05) is 10.9 Å². The van der Waals surface area contributed by atoms with Gasteiger partial charge in [0.1, 0.15) is 11.6 Å². The van der Waals surface area contributed by atoms with E-state index in [9.17, 15) is 4.39 Å². The molecule has 0 spiro atoms. The van der Waals surface area contributed by atoms with E-state index < -0.39 is 0 Å². The Balaban J connectivity index is 2.66. The van der Waals surface area contributed by atoms with Crippen molar-refractivity contribution >= 4 is 15.9 Å². The van der Waals surface area contributed by atoms with Crippen LogP contribution in [-0.4, -0.2) is 7.11 Å². The first-order valence-corrected chi connectivity index (χ1v) is 9.49. The van der Waals surface area contributed by atoms with Crippen LogP contribution in [0.5, 0.6) is 5.75 Å². The maximum Gasteiger partial charge on any atom is 0.131 e. The Labute approximate surface area is 153 Å². The average Bonchev–Trinajstić information content (AvgIpc) is 2.61. The summed E-state index contributed by atoms with van der Waals surface area (Å²) < 4.78 is 19.8. The summed E-state index contributed by atoms with van der Waals surface area (Å²) in [4.78, 5) is 0. The first-order valence-electron chi connectivity index (χ1n) is 8.36. The van der Waals surface area contributed by atoms with Crippen molar-refractivity contribution in [2.24, 2.45) is 5.41 Å².